The van der Waals surface area contributed by atoms with Gasteiger partial charge in [-0.15, -0.1) is 0 Å². The van der Waals surface area contributed by atoms with Crippen molar-refractivity contribution in [3.8, 4) is 11.5 Å². The third-order valence-corrected chi connectivity index (χ3v) is 5.39. The van der Waals surface area contributed by atoms with Crippen LogP contribution < -0.4 is 14.8 Å². The lowest BCUT2D eigenvalue weighted by atomic mass is 9.95. The highest BCUT2D eigenvalue weighted by Gasteiger charge is 2.19. The zero-order chi connectivity index (χ0) is 20.6. The van der Waals surface area contributed by atoms with E-state index in [1.165, 1.54) is 22.3 Å². The summed E-state index contributed by atoms with van der Waals surface area (Å²) in [6.07, 6.45) is 0.898. The SMILES string of the molecule is CNCCc1c(C)c(OCc2ccccc2)c(C)c(C)c1OCc1ccccc1. The fraction of sp³-hybridized carbons (Fsp3) is 0.308. The molecule has 0 heterocycles. The molecule has 0 fully saturated rings. The molecular weight excluding hydrogens is 358 g/mol. The summed E-state index contributed by atoms with van der Waals surface area (Å²) >= 11 is 0. The van der Waals surface area contributed by atoms with Crippen LogP contribution >= 0.6 is 0 Å². The standard InChI is InChI=1S/C26H31NO2/c1-19-20(2)26(29-18-23-13-9-6-10-14-23)24(15-16-27-4)21(3)25(19)28-17-22-11-7-5-8-12-22/h5-14,27H,15-18H2,1-4H3. The Bertz CT molecular complexity index is 921. The van der Waals surface area contributed by atoms with Gasteiger partial charge in [-0.25, -0.2) is 0 Å². The smallest absolute Gasteiger partial charge is 0.126 e. The molecule has 0 bridgehead atoms. The van der Waals surface area contributed by atoms with Crippen LogP contribution in [0.2, 0.25) is 0 Å². The fourth-order valence-corrected chi connectivity index (χ4v) is 3.58. The lowest BCUT2D eigenvalue weighted by Crippen LogP contribution is -2.14. The molecule has 0 aliphatic heterocycles. The summed E-state index contributed by atoms with van der Waals surface area (Å²) in [4.78, 5) is 0. The molecule has 3 aromatic carbocycles. The summed E-state index contributed by atoms with van der Waals surface area (Å²) in [5.41, 5.74) is 7.04. The molecule has 0 atom stereocenters. The predicted octanol–water partition coefficient (Wildman–Crippen LogP) is 5.53. The monoisotopic (exact) mass is 389 g/mol. The van der Waals surface area contributed by atoms with E-state index >= 15 is 0 Å². The van der Waals surface area contributed by atoms with Crippen molar-refractivity contribution < 1.29 is 9.47 Å². The Balaban J connectivity index is 1.90. The summed E-state index contributed by atoms with van der Waals surface area (Å²) in [6.45, 7) is 8.43. The van der Waals surface area contributed by atoms with Gasteiger partial charge in [0, 0.05) is 5.56 Å². The van der Waals surface area contributed by atoms with Crippen molar-refractivity contribution >= 4 is 0 Å². The van der Waals surface area contributed by atoms with Gasteiger partial charge in [0.2, 0.25) is 0 Å². The van der Waals surface area contributed by atoms with Gasteiger partial charge < -0.3 is 14.8 Å². The highest BCUT2D eigenvalue weighted by Crippen LogP contribution is 2.39. The van der Waals surface area contributed by atoms with Crippen LogP contribution in [0.3, 0.4) is 0 Å². The van der Waals surface area contributed by atoms with E-state index < -0.39 is 0 Å². The maximum absolute atomic E-state index is 6.35. The lowest BCUT2D eigenvalue weighted by molar-refractivity contribution is 0.289. The first-order valence-electron chi connectivity index (χ1n) is 10.2. The Kier molecular flexibility index (Phi) is 7.31. The topological polar surface area (TPSA) is 30.5 Å². The highest BCUT2D eigenvalue weighted by atomic mass is 16.5. The number of likely N-dealkylation sites (N-methyl/N-ethyl adjacent to an activating group) is 1. The summed E-state index contributed by atoms with van der Waals surface area (Å²) in [6, 6.07) is 20.6. The maximum Gasteiger partial charge on any atom is 0.126 e. The van der Waals surface area contributed by atoms with Crippen molar-refractivity contribution in [3.05, 3.63) is 94.0 Å². The van der Waals surface area contributed by atoms with Crippen LogP contribution in [0.1, 0.15) is 33.4 Å². The third-order valence-electron chi connectivity index (χ3n) is 5.39. The first kappa shape index (κ1) is 20.9. The second kappa shape index (κ2) is 10.1. The van der Waals surface area contributed by atoms with Crippen molar-refractivity contribution in [1.82, 2.24) is 5.32 Å². The van der Waals surface area contributed by atoms with Crippen LogP contribution in [-0.4, -0.2) is 13.6 Å². The zero-order valence-corrected chi connectivity index (χ0v) is 17.9. The average Bonchev–Trinajstić information content (AvgIpc) is 2.76. The van der Waals surface area contributed by atoms with Crippen LogP contribution in [0.15, 0.2) is 60.7 Å². The third kappa shape index (κ3) is 5.18. The number of ether oxygens (including phenoxy) is 2. The van der Waals surface area contributed by atoms with E-state index in [2.05, 4.69) is 50.4 Å². The summed E-state index contributed by atoms with van der Waals surface area (Å²) in [5.74, 6) is 1.97. The summed E-state index contributed by atoms with van der Waals surface area (Å²) < 4.78 is 12.6. The molecule has 3 heteroatoms. The second-order valence-electron chi connectivity index (χ2n) is 7.41. The molecule has 0 radical (unpaired) electrons. The van der Waals surface area contributed by atoms with E-state index in [4.69, 9.17) is 9.47 Å². The van der Waals surface area contributed by atoms with E-state index in [0.29, 0.717) is 13.2 Å². The quantitative estimate of drug-likeness (QED) is 0.522. The van der Waals surface area contributed by atoms with Crippen molar-refractivity contribution in [1.29, 1.82) is 0 Å². The minimum Gasteiger partial charge on any atom is -0.488 e. The van der Waals surface area contributed by atoms with Gasteiger partial charge in [0.25, 0.3) is 0 Å². The molecule has 0 saturated carbocycles. The first-order valence-corrected chi connectivity index (χ1v) is 10.2. The Morgan fingerprint density at radius 1 is 0.655 bits per heavy atom. The Morgan fingerprint density at radius 2 is 1.14 bits per heavy atom. The molecule has 0 aliphatic rings. The van der Waals surface area contributed by atoms with Gasteiger partial charge in [-0.3, -0.25) is 0 Å². The zero-order valence-electron chi connectivity index (χ0n) is 17.9. The molecule has 0 unspecified atom stereocenters. The van der Waals surface area contributed by atoms with E-state index in [0.717, 1.165) is 35.6 Å². The Labute approximate surface area is 174 Å². The normalized spacial score (nSPS) is 10.8. The minimum absolute atomic E-state index is 0.567. The molecule has 3 rings (SSSR count). The number of benzene rings is 3. The van der Waals surface area contributed by atoms with Crippen LogP contribution in [0.25, 0.3) is 0 Å². The molecular formula is C26H31NO2. The number of rotatable bonds is 9. The maximum atomic E-state index is 6.35. The second-order valence-corrected chi connectivity index (χ2v) is 7.41. The fourth-order valence-electron chi connectivity index (χ4n) is 3.58. The largest absolute Gasteiger partial charge is 0.488 e. The van der Waals surface area contributed by atoms with Crippen molar-refractivity contribution in [2.24, 2.45) is 0 Å². The minimum atomic E-state index is 0.567. The number of nitrogens with one attached hydrogen (secondary N) is 1. The van der Waals surface area contributed by atoms with Crippen molar-refractivity contribution in [2.75, 3.05) is 13.6 Å². The molecule has 0 aromatic heterocycles. The summed E-state index contributed by atoms with van der Waals surface area (Å²) in [5, 5.41) is 3.26. The van der Waals surface area contributed by atoms with Gasteiger partial charge in [-0.05, 0) is 68.6 Å². The number of hydrogen-bond donors (Lipinski definition) is 1. The predicted molar refractivity (Wildman–Crippen MR) is 120 cm³/mol. The lowest BCUT2D eigenvalue weighted by Gasteiger charge is -2.23. The van der Waals surface area contributed by atoms with E-state index in [9.17, 15) is 0 Å². The van der Waals surface area contributed by atoms with Gasteiger partial charge in [0.15, 0.2) is 0 Å². The van der Waals surface area contributed by atoms with Gasteiger partial charge in [0.1, 0.15) is 24.7 Å². The van der Waals surface area contributed by atoms with E-state index in [1.54, 1.807) is 0 Å². The summed E-state index contributed by atoms with van der Waals surface area (Å²) in [7, 11) is 1.98. The number of hydrogen-bond acceptors (Lipinski definition) is 3. The van der Waals surface area contributed by atoms with Crippen LogP contribution in [0, 0.1) is 20.8 Å². The van der Waals surface area contributed by atoms with Crippen LogP contribution in [0.5, 0.6) is 11.5 Å². The van der Waals surface area contributed by atoms with Gasteiger partial charge in [-0.1, -0.05) is 60.7 Å². The van der Waals surface area contributed by atoms with Gasteiger partial charge in [-0.2, -0.15) is 0 Å². The molecule has 3 nitrogen and oxygen atoms in total. The molecule has 1 N–H and O–H groups in total. The molecule has 29 heavy (non-hydrogen) atoms. The molecule has 0 aliphatic carbocycles. The van der Waals surface area contributed by atoms with E-state index in [1.807, 2.05) is 43.4 Å². The molecule has 0 saturated heterocycles. The van der Waals surface area contributed by atoms with Crippen molar-refractivity contribution in [2.45, 2.75) is 40.4 Å². The van der Waals surface area contributed by atoms with Gasteiger partial charge >= 0.3 is 0 Å². The average molecular weight is 390 g/mol. The van der Waals surface area contributed by atoms with Crippen LogP contribution in [-0.2, 0) is 19.6 Å². The highest BCUT2D eigenvalue weighted by molar-refractivity contribution is 5.58. The van der Waals surface area contributed by atoms with Crippen LogP contribution in [0.4, 0.5) is 0 Å². The van der Waals surface area contributed by atoms with Gasteiger partial charge in [0.05, 0.1) is 0 Å². The first-order chi connectivity index (χ1) is 14.1. The molecule has 3 aromatic rings. The molecule has 152 valence electrons. The van der Waals surface area contributed by atoms with E-state index in [-0.39, 0.29) is 0 Å². The Hall–Kier alpha value is -2.78. The van der Waals surface area contributed by atoms with Crippen molar-refractivity contribution in [3.63, 3.8) is 0 Å². The Morgan fingerprint density at radius 3 is 1.66 bits per heavy atom. The molecule has 0 spiro atoms. The molecule has 0 amide bonds.